The Kier molecular flexibility index (Phi) is 2.92. The van der Waals surface area contributed by atoms with Gasteiger partial charge in [0.2, 0.25) is 0 Å². The van der Waals surface area contributed by atoms with E-state index >= 15 is 0 Å². The van der Waals surface area contributed by atoms with Crippen LogP contribution in [-0.4, -0.2) is 5.78 Å². The van der Waals surface area contributed by atoms with Crippen LogP contribution in [0.1, 0.15) is 66.2 Å². The van der Waals surface area contributed by atoms with Crippen molar-refractivity contribution in [3.05, 3.63) is 0 Å². The van der Waals surface area contributed by atoms with Crippen molar-refractivity contribution in [1.82, 2.24) is 0 Å². The predicted octanol–water partition coefficient (Wildman–Crippen LogP) is 4.21. The summed E-state index contributed by atoms with van der Waals surface area (Å²) in [5, 5.41) is 0. The third-order valence-electron chi connectivity index (χ3n) is 5.29. The van der Waals surface area contributed by atoms with Crippen molar-refractivity contribution in [3.8, 4) is 0 Å². The van der Waals surface area contributed by atoms with E-state index in [0.717, 1.165) is 25.2 Å². The Labute approximate surface area is 100.0 Å². The van der Waals surface area contributed by atoms with E-state index < -0.39 is 0 Å². The highest BCUT2D eigenvalue weighted by Gasteiger charge is 2.45. The Hall–Kier alpha value is -0.330. The molecule has 2 saturated carbocycles. The van der Waals surface area contributed by atoms with Crippen molar-refractivity contribution in [2.24, 2.45) is 22.7 Å². The van der Waals surface area contributed by atoms with Gasteiger partial charge in [-0.3, -0.25) is 4.79 Å². The topological polar surface area (TPSA) is 17.1 Å². The average Bonchev–Trinajstić information content (AvgIpc) is 2.16. The molecule has 16 heavy (non-hydrogen) atoms. The van der Waals surface area contributed by atoms with Crippen LogP contribution in [0.25, 0.3) is 0 Å². The zero-order valence-corrected chi connectivity index (χ0v) is 11.3. The van der Waals surface area contributed by atoms with Gasteiger partial charge in [-0.05, 0) is 48.3 Å². The maximum Gasteiger partial charge on any atom is 0.133 e. The minimum atomic E-state index is 0.418. The van der Waals surface area contributed by atoms with Gasteiger partial charge < -0.3 is 0 Å². The SMILES string of the molecule is CC(C)(C)[C@H]1CC[C@@]2(C)CCC(=O)C[C@@H]2C1. The first-order chi connectivity index (χ1) is 7.31. The van der Waals surface area contributed by atoms with Gasteiger partial charge in [-0.1, -0.05) is 27.7 Å². The minimum Gasteiger partial charge on any atom is -0.300 e. The fourth-order valence-corrected chi connectivity index (χ4v) is 3.70. The lowest BCUT2D eigenvalue weighted by Gasteiger charge is -2.50. The molecule has 2 fully saturated rings. The number of carbonyl (C=O) groups is 1. The number of hydrogen-bond donors (Lipinski definition) is 0. The summed E-state index contributed by atoms with van der Waals surface area (Å²) in [4.78, 5) is 11.6. The van der Waals surface area contributed by atoms with E-state index in [9.17, 15) is 4.79 Å². The largest absolute Gasteiger partial charge is 0.300 e. The standard InChI is InChI=1S/C15H26O/c1-14(2,3)11-5-7-15(4)8-6-13(16)10-12(15)9-11/h11-12H,5-10H2,1-4H3/t11-,12-,15-/m0/s1. The van der Waals surface area contributed by atoms with Gasteiger partial charge in [0, 0.05) is 12.8 Å². The lowest BCUT2D eigenvalue weighted by atomic mass is 9.55. The molecule has 0 bridgehead atoms. The zero-order valence-electron chi connectivity index (χ0n) is 11.3. The molecular weight excluding hydrogens is 196 g/mol. The van der Waals surface area contributed by atoms with Gasteiger partial charge in [-0.2, -0.15) is 0 Å². The number of Topliss-reactive ketones (excluding diaryl/α,β-unsaturated/α-hetero) is 1. The average molecular weight is 222 g/mol. The lowest BCUT2D eigenvalue weighted by Crippen LogP contribution is -2.42. The van der Waals surface area contributed by atoms with Crippen molar-refractivity contribution in [2.75, 3.05) is 0 Å². The first-order valence-electron chi connectivity index (χ1n) is 6.83. The van der Waals surface area contributed by atoms with E-state index in [4.69, 9.17) is 0 Å². The van der Waals surface area contributed by atoms with Crippen LogP contribution in [0.3, 0.4) is 0 Å². The van der Waals surface area contributed by atoms with Crippen LogP contribution in [-0.2, 0) is 4.79 Å². The maximum absolute atomic E-state index is 11.6. The Morgan fingerprint density at radius 1 is 1.25 bits per heavy atom. The second-order valence-electron chi connectivity index (χ2n) is 7.43. The van der Waals surface area contributed by atoms with Crippen molar-refractivity contribution >= 4 is 5.78 Å². The predicted molar refractivity (Wildman–Crippen MR) is 67.3 cm³/mol. The van der Waals surface area contributed by atoms with Gasteiger partial charge in [-0.25, -0.2) is 0 Å². The van der Waals surface area contributed by atoms with E-state index in [1.165, 1.54) is 19.3 Å². The molecule has 0 N–H and O–H groups in total. The maximum atomic E-state index is 11.6. The van der Waals surface area contributed by atoms with E-state index in [0.29, 0.717) is 22.5 Å². The molecule has 0 radical (unpaired) electrons. The number of fused-ring (bicyclic) bond motifs is 1. The van der Waals surface area contributed by atoms with Gasteiger partial charge in [0.05, 0.1) is 0 Å². The molecule has 3 atom stereocenters. The highest BCUT2D eigenvalue weighted by molar-refractivity contribution is 5.79. The smallest absolute Gasteiger partial charge is 0.133 e. The fourth-order valence-electron chi connectivity index (χ4n) is 3.70. The molecule has 92 valence electrons. The molecule has 2 rings (SSSR count). The van der Waals surface area contributed by atoms with E-state index in [-0.39, 0.29) is 0 Å². The zero-order chi connectivity index (χ0) is 12.0. The number of carbonyl (C=O) groups excluding carboxylic acids is 1. The summed E-state index contributed by atoms with van der Waals surface area (Å²) in [6, 6.07) is 0. The minimum absolute atomic E-state index is 0.418. The van der Waals surface area contributed by atoms with E-state index in [1.807, 2.05) is 0 Å². The molecule has 0 aromatic rings. The lowest BCUT2D eigenvalue weighted by molar-refractivity contribution is -0.127. The molecule has 0 aliphatic heterocycles. The number of ketones is 1. The van der Waals surface area contributed by atoms with Crippen LogP contribution in [0.2, 0.25) is 0 Å². The molecule has 1 heteroatoms. The van der Waals surface area contributed by atoms with E-state index in [2.05, 4.69) is 27.7 Å². The Morgan fingerprint density at radius 3 is 2.56 bits per heavy atom. The quantitative estimate of drug-likeness (QED) is 0.600. The van der Waals surface area contributed by atoms with Crippen molar-refractivity contribution in [2.45, 2.75) is 66.2 Å². The molecular formula is C15H26O. The summed E-state index contributed by atoms with van der Waals surface area (Å²) in [6.07, 6.45) is 6.84. The van der Waals surface area contributed by atoms with Crippen LogP contribution in [0.5, 0.6) is 0 Å². The van der Waals surface area contributed by atoms with Crippen LogP contribution in [0.15, 0.2) is 0 Å². The van der Waals surface area contributed by atoms with Crippen molar-refractivity contribution < 1.29 is 4.79 Å². The summed E-state index contributed by atoms with van der Waals surface area (Å²) in [6.45, 7) is 9.48. The van der Waals surface area contributed by atoms with Gasteiger partial charge in [-0.15, -0.1) is 0 Å². The molecule has 0 saturated heterocycles. The Morgan fingerprint density at radius 2 is 1.94 bits per heavy atom. The van der Waals surface area contributed by atoms with Crippen molar-refractivity contribution in [3.63, 3.8) is 0 Å². The van der Waals surface area contributed by atoms with Gasteiger partial charge in [0.25, 0.3) is 0 Å². The second kappa shape index (κ2) is 3.85. The number of hydrogen-bond acceptors (Lipinski definition) is 1. The summed E-state index contributed by atoms with van der Waals surface area (Å²) in [5.41, 5.74) is 0.900. The van der Waals surface area contributed by atoms with E-state index in [1.54, 1.807) is 0 Å². The molecule has 0 amide bonds. The Balaban J connectivity index is 2.10. The molecule has 0 spiro atoms. The van der Waals surface area contributed by atoms with Crippen LogP contribution in [0, 0.1) is 22.7 Å². The highest BCUT2D eigenvalue weighted by Crippen LogP contribution is 2.53. The summed E-state index contributed by atoms with van der Waals surface area (Å²) < 4.78 is 0. The third kappa shape index (κ3) is 2.19. The summed E-state index contributed by atoms with van der Waals surface area (Å²) in [5.74, 6) is 2.00. The normalized spacial score (nSPS) is 40.6. The third-order valence-corrected chi connectivity index (χ3v) is 5.29. The molecule has 2 aliphatic carbocycles. The molecule has 0 unspecified atom stereocenters. The van der Waals surface area contributed by atoms with Gasteiger partial charge in [0.15, 0.2) is 0 Å². The molecule has 1 nitrogen and oxygen atoms in total. The second-order valence-corrected chi connectivity index (χ2v) is 7.43. The molecule has 0 aromatic heterocycles. The number of rotatable bonds is 0. The van der Waals surface area contributed by atoms with Crippen molar-refractivity contribution in [1.29, 1.82) is 0 Å². The van der Waals surface area contributed by atoms with Gasteiger partial charge >= 0.3 is 0 Å². The molecule has 0 aromatic carbocycles. The first kappa shape index (κ1) is 12.1. The van der Waals surface area contributed by atoms with Gasteiger partial charge in [0.1, 0.15) is 5.78 Å². The summed E-state index contributed by atoms with van der Waals surface area (Å²) >= 11 is 0. The molecule has 0 heterocycles. The van der Waals surface area contributed by atoms with Crippen LogP contribution >= 0.6 is 0 Å². The van der Waals surface area contributed by atoms with Crippen LogP contribution in [0.4, 0.5) is 0 Å². The highest BCUT2D eigenvalue weighted by atomic mass is 16.1. The monoisotopic (exact) mass is 222 g/mol. The van der Waals surface area contributed by atoms with Crippen LogP contribution < -0.4 is 0 Å². The Bertz CT molecular complexity index is 286. The fraction of sp³-hybridized carbons (Fsp3) is 0.933. The first-order valence-corrected chi connectivity index (χ1v) is 6.83. The molecule has 2 aliphatic rings. The summed E-state index contributed by atoms with van der Waals surface area (Å²) in [7, 11) is 0.